The molecule has 0 radical (unpaired) electrons. The zero-order valence-electron chi connectivity index (χ0n) is 14.1. The molecule has 0 saturated carbocycles. The third-order valence-electron chi connectivity index (χ3n) is 3.84. The van der Waals surface area contributed by atoms with Crippen LogP contribution in [0.1, 0.15) is 17.3 Å². The van der Waals surface area contributed by atoms with E-state index in [2.05, 4.69) is 10.6 Å². The second-order valence-electron chi connectivity index (χ2n) is 5.45. The van der Waals surface area contributed by atoms with E-state index in [0.29, 0.717) is 34.2 Å². The van der Waals surface area contributed by atoms with Crippen LogP contribution in [0.2, 0.25) is 0 Å². The molecule has 7 nitrogen and oxygen atoms in total. The van der Waals surface area contributed by atoms with Gasteiger partial charge in [0, 0.05) is 6.07 Å². The summed E-state index contributed by atoms with van der Waals surface area (Å²) in [5.41, 5.74) is 1.29. The number of carbonyl (C=O) groups is 2. The van der Waals surface area contributed by atoms with E-state index in [1.807, 2.05) is 0 Å². The van der Waals surface area contributed by atoms with Crippen LogP contribution >= 0.6 is 0 Å². The quantitative estimate of drug-likeness (QED) is 0.892. The third-order valence-corrected chi connectivity index (χ3v) is 3.84. The van der Waals surface area contributed by atoms with Gasteiger partial charge < -0.3 is 24.8 Å². The number of amides is 2. The SMILES string of the molecule is COc1ccc(NC(=O)c2cccc3c2OC(C)C(=O)N3)c(OC)c1. The minimum Gasteiger partial charge on any atom is -0.497 e. The number of ether oxygens (including phenoxy) is 3. The minimum atomic E-state index is -0.669. The van der Waals surface area contributed by atoms with E-state index >= 15 is 0 Å². The largest absolute Gasteiger partial charge is 0.497 e. The summed E-state index contributed by atoms with van der Waals surface area (Å²) in [6.45, 7) is 1.62. The molecule has 2 aromatic rings. The Bertz CT molecular complexity index is 834. The molecule has 7 heteroatoms. The summed E-state index contributed by atoms with van der Waals surface area (Å²) in [5.74, 6) is 0.817. The van der Waals surface area contributed by atoms with Crippen molar-refractivity contribution in [1.29, 1.82) is 0 Å². The molecule has 2 aromatic carbocycles. The maximum absolute atomic E-state index is 12.7. The summed E-state index contributed by atoms with van der Waals surface area (Å²) >= 11 is 0. The fourth-order valence-electron chi connectivity index (χ4n) is 2.50. The lowest BCUT2D eigenvalue weighted by atomic mass is 10.1. The van der Waals surface area contributed by atoms with E-state index < -0.39 is 6.10 Å². The molecule has 1 atom stereocenters. The number of hydrogen-bond acceptors (Lipinski definition) is 5. The first-order valence-corrected chi connectivity index (χ1v) is 7.67. The highest BCUT2D eigenvalue weighted by molar-refractivity contribution is 6.09. The first kappa shape index (κ1) is 16.6. The highest BCUT2D eigenvalue weighted by atomic mass is 16.5. The Balaban J connectivity index is 1.90. The smallest absolute Gasteiger partial charge is 0.265 e. The highest BCUT2D eigenvalue weighted by Gasteiger charge is 2.27. The van der Waals surface area contributed by atoms with Crippen LogP contribution in [0.3, 0.4) is 0 Å². The second-order valence-corrected chi connectivity index (χ2v) is 5.45. The molecule has 0 fully saturated rings. The molecule has 1 aliphatic heterocycles. The molecule has 25 heavy (non-hydrogen) atoms. The fraction of sp³-hybridized carbons (Fsp3) is 0.222. The Kier molecular flexibility index (Phi) is 4.47. The van der Waals surface area contributed by atoms with Crippen molar-refractivity contribution in [3.8, 4) is 17.2 Å². The van der Waals surface area contributed by atoms with E-state index in [1.165, 1.54) is 7.11 Å². The molecule has 0 spiro atoms. The van der Waals surface area contributed by atoms with Crippen LogP contribution in [0.4, 0.5) is 11.4 Å². The van der Waals surface area contributed by atoms with Gasteiger partial charge in [-0.05, 0) is 31.2 Å². The molecule has 0 saturated heterocycles. The van der Waals surface area contributed by atoms with Crippen molar-refractivity contribution in [2.45, 2.75) is 13.0 Å². The molecule has 0 bridgehead atoms. The van der Waals surface area contributed by atoms with E-state index in [1.54, 1.807) is 50.4 Å². The Morgan fingerprint density at radius 3 is 2.72 bits per heavy atom. The average molecular weight is 342 g/mol. The summed E-state index contributed by atoms with van der Waals surface area (Å²) < 4.78 is 16.0. The predicted octanol–water partition coefficient (Wildman–Crippen LogP) is 2.68. The molecular formula is C18H18N2O5. The van der Waals surface area contributed by atoms with Gasteiger partial charge in [0.2, 0.25) is 0 Å². The van der Waals surface area contributed by atoms with Crippen molar-refractivity contribution in [2.75, 3.05) is 24.9 Å². The Morgan fingerprint density at radius 1 is 1.20 bits per heavy atom. The van der Waals surface area contributed by atoms with Crippen LogP contribution < -0.4 is 24.8 Å². The van der Waals surface area contributed by atoms with Gasteiger partial charge in [-0.1, -0.05) is 6.07 Å². The molecular weight excluding hydrogens is 324 g/mol. The van der Waals surface area contributed by atoms with Gasteiger partial charge in [0.25, 0.3) is 11.8 Å². The molecule has 1 unspecified atom stereocenters. The molecule has 2 N–H and O–H groups in total. The minimum absolute atomic E-state index is 0.248. The standard InChI is InChI=1S/C18H18N2O5/c1-10-17(21)20-14-6-4-5-12(16(14)25-10)18(22)19-13-8-7-11(23-2)9-15(13)24-3/h4-10H,1-3H3,(H,19,22)(H,20,21). The lowest BCUT2D eigenvalue weighted by molar-refractivity contribution is -0.122. The number of anilines is 2. The van der Waals surface area contributed by atoms with Gasteiger partial charge in [-0.15, -0.1) is 0 Å². The van der Waals surface area contributed by atoms with E-state index in [-0.39, 0.29) is 11.8 Å². The third kappa shape index (κ3) is 3.21. The highest BCUT2D eigenvalue weighted by Crippen LogP contribution is 2.35. The van der Waals surface area contributed by atoms with Crippen molar-refractivity contribution in [1.82, 2.24) is 0 Å². The molecule has 3 rings (SSSR count). The molecule has 1 aliphatic rings. The first-order valence-electron chi connectivity index (χ1n) is 7.67. The van der Waals surface area contributed by atoms with Gasteiger partial charge in [0.05, 0.1) is 31.2 Å². The average Bonchev–Trinajstić information content (AvgIpc) is 2.62. The van der Waals surface area contributed by atoms with Gasteiger partial charge in [-0.25, -0.2) is 0 Å². The first-order chi connectivity index (χ1) is 12.0. The van der Waals surface area contributed by atoms with Gasteiger partial charge >= 0.3 is 0 Å². The van der Waals surface area contributed by atoms with Crippen LogP contribution in [0.5, 0.6) is 17.2 Å². The number of para-hydroxylation sites is 1. The number of carbonyl (C=O) groups excluding carboxylic acids is 2. The van der Waals surface area contributed by atoms with E-state index in [4.69, 9.17) is 14.2 Å². The van der Waals surface area contributed by atoms with Crippen LogP contribution in [0, 0.1) is 0 Å². The van der Waals surface area contributed by atoms with Gasteiger partial charge in [0.15, 0.2) is 11.9 Å². The van der Waals surface area contributed by atoms with Crippen molar-refractivity contribution in [2.24, 2.45) is 0 Å². The molecule has 2 amide bonds. The van der Waals surface area contributed by atoms with E-state index in [0.717, 1.165) is 0 Å². The van der Waals surface area contributed by atoms with E-state index in [9.17, 15) is 9.59 Å². The number of benzene rings is 2. The number of methoxy groups -OCH3 is 2. The maximum atomic E-state index is 12.7. The fourth-order valence-corrected chi connectivity index (χ4v) is 2.50. The zero-order valence-corrected chi connectivity index (χ0v) is 14.1. The maximum Gasteiger partial charge on any atom is 0.265 e. The Morgan fingerprint density at radius 2 is 2.00 bits per heavy atom. The van der Waals surface area contributed by atoms with Crippen LogP contribution in [0.15, 0.2) is 36.4 Å². The normalized spacial score (nSPS) is 15.5. The summed E-state index contributed by atoms with van der Waals surface area (Å²) in [6.07, 6.45) is -0.669. The van der Waals surface area contributed by atoms with Crippen molar-refractivity contribution >= 4 is 23.2 Å². The summed E-state index contributed by atoms with van der Waals surface area (Å²) in [5, 5.41) is 5.51. The molecule has 0 aromatic heterocycles. The van der Waals surface area contributed by atoms with Crippen molar-refractivity contribution < 1.29 is 23.8 Å². The molecule has 0 aliphatic carbocycles. The Labute approximate surface area is 144 Å². The lowest BCUT2D eigenvalue weighted by Gasteiger charge is -2.25. The van der Waals surface area contributed by atoms with Crippen LogP contribution in [-0.4, -0.2) is 32.1 Å². The Hall–Kier alpha value is -3.22. The van der Waals surface area contributed by atoms with Crippen LogP contribution in [-0.2, 0) is 4.79 Å². The summed E-state index contributed by atoms with van der Waals surface area (Å²) in [6, 6.07) is 10.1. The van der Waals surface area contributed by atoms with Crippen LogP contribution in [0.25, 0.3) is 0 Å². The number of nitrogens with one attached hydrogen (secondary N) is 2. The van der Waals surface area contributed by atoms with Gasteiger partial charge in [-0.3, -0.25) is 9.59 Å². The number of rotatable bonds is 4. The van der Waals surface area contributed by atoms with Gasteiger partial charge in [0.1, 0.15) is 11.5 Å². The zero-order chi connectivity index (χ0) is 18.0. The number of hydrogen-bond donors (Lipinski definition) is 2. The summed E-state index contributed by atoms with van der Waals surface area (Å²) in [7, 11) is 3.06. The van der Waals surface area contributed by atoms with Crippen molar-refractivity contribution in [3.05, 3.63) is 42.0 Å². The molecule has 130 valence electrons. The summed E-state index contributed by atoms with van der Waals surface area (Å²) in [4.78, 5) is 24.4. The predicted molar refractivity (Wildman–Crippen MR) is 92.7 cm³/mol. The lowest BCUT2D eigenvalue weighted by Crippen LogP contribution is -2.35. The molecule has 1 heterocycles. The number of fused-ring (bicyclic) bond motifs is 1. The monoisotopic (exact) mass is 342 g/mol. The van der Waals surface area contributed by atoms with Gasteiger partial charge in [-0.2, -0.15) is 0 Å². The van der Waals surface area contributed by atoms with Crippen molar-refractivity contribution in [3.63, 3.8) is 0 Å². The second kappa shape index (κ2) is 6.72. The topological polar surface area (TPSA) is 85.9 Å².